The Bertz CT molecular complexity index is 4830. The molecule has 2 unspecified atom stereocenters. The quantitative estimate of drug-likeness (QED) is 0.00957. The molecule has 134 heavy (non-hydrogen) atoms. The molecule has 2 heterocycles. The largest absolute Gasteiger partial charge is 0.497 e. The molecule has 0 aliphatic carbocycles. The minimum atomic E-state index is -0.558. The molecule has 8 rings (SSSR count). The number of methoxy groups -OCH3 is 2. The van der Waals surface area contributed by atoms with Gasteiger partial charge in [0.2, 0.25) is 11.9 Å². The molecule has 8 aromatic rings. The average molecular weight is 1860 g/mol. The highest BCUT2D eigenvalue weighted by Crippen LogP contribution is 2.31. The Balaban J connectivity index is 0.000000359. The molecule has 12 N–H and O–H groups in total. The molecule has 8 amide bonds. The van der Waals surface area contributed by atoms with Gasteiger partial charge in [-0.25, -0.2) is 38.7 Å². The summed E-state index contributed by atoms with van der Waals surface area (Å²) in [5.74, 6) is 2.13. The number of amides is 8. The van der Waals surface area contributed by atoms with Crippen molar-refractivity contribution in [3.63, 3.8) is 0 Å². The maximum Gasteiger partial charge on any atom is 0.407 e. The van der Waals surface area contributed by atoms with E-state index in [4.69, 9.17) is 38.6 Å². The number of urea groups is 2. The van der Waals surface area contributed by atoms with Crippen molar-refractivity contribution in [2.45, 2.75) is 153 Å². The second kappa shape index (κ2) is 61.2. The zero-order chi connectivity index (χ0) is 97.3. The minimum Gasteiger partial charge on any atom is -0.497 e. The molecule has 0 aliphatic rings. The number of carbonyl (C=O) groups is 6. The molecule has 0 aliphatic heterocycles. The smallest absolute Gasteiger partial charge is 0.407 e. The van der Waals surface area contributed by atoms with Gasteiger partial charge in [0, 0.05) is 92.9 Å². The van der Waals surface area contributed by atoms with E-state index in [0.717, 1.165) is 121 Å². The summed E-state index contributed by atoms with van der Waals surface area (Å²) in [4.78, 5) is 117. The molecule has 0 saturated heterocycles. The number of H-pyrrole nitrogens is 2. The van der Waals surface area contributed by atoms with E-state index >= 15 is 0 Å². The third kappa shape index (κ3) is 46.5. The van der Waals surface area contributed by atoms with Crippen molar-refractivity contribution in [2.24, 2.45) is 53.4 Å². The Kier molecular flexibility index (Phi) is 49.9. The fourth-order valence-electron chi connectivity index (χ4n) is 13.8. The van der Waals surface area contributed by atoms with Crippen LogP contribution in [0.1, 0.15) is 149 Å². The highest BCUT2D eigenvalue weighted by Gasteiger charge is 2.25. The van der Waals surface area contributed by atoms with Crippen LogP contribution in [0.4, 0.5) is 91.9 Å². The number of aromatic nitrogens is 4. The van der Waals surface area contributed by atoms with Crippen LogP contribution in [-0.2, 0) is 18.9 Å². The Morgan fingerprint density at radius 2 is 0.687 bits per heavy atom. The summed E-state index contributed by atoms with van der Waals surface area (Å²) in [7, 11) is 3.24. The van der Waals surface area contributed by atoms with Crippen molar-refractivity contribution >= 4 is 99.5 Å². The Hall–Kier alpha value is -13.6. The number of unbranched alkanes of at least 4 members (excludes halogenated alkanes) is 6. The lowest BCUT2D eigenvalue weighted by molar-refractivity contribution is 0.136. The molecule has 0 bridgehead atoms. The predicted octanol–water partition coefficient (Wildman–Crippen LogP) is 18.4. The van der Waals surface area contributed by atoms with Crippen molar-refractivity contribution in [3.8, 4) is 11.5 Å². The summed E-state index contributed by atoms with van der Waals surface area (Å²) in [5, 5.41) is 65.8. The van der Waals surface area contributed by atoms with Gasteiger partial charge in [-0.15, -0.1) is 0 Å². The van der Waals surface area contributed by atoms with Crippen molar-refractivity contribution in [3.05, 3.63) is 195 Å². The van der Waals surface area contributed by atoms with Crippen molar-refractivity contribution < 1.29 is 67.4 Å². The fourth-order valence-corrected chi connectivity index (χ4v) is 13.8. The van der Waals surface area contributed by atoms with Crippen LogP contribution in [0.2, 0.25) is 0 Å². The highest BCUT2D eigenvalue weighted by atomic mass is 16.6. The zero-order valence-electron chi connectivity index (χ0n) is 79.9. The summed E-state index contributed by atoms with van der Waals surface area (Å²) in [6.45, 7) is 27.8. The van der Waals surface area contributed by atoms with E-state index in [1.165, 1.54) is 12.1 Å². The topological polar surface area (TPSA) is 470 Å². The molecule has 37 heteroatoms. The second-order valence-corrected chi connectivity index (χ2v) is 33.8. The first-order valence-electron chi connectivity index (χ1n) is 45.7. The van der Waals surface area contributed by atoms with Gasteiger partial charge in [-0.05, 0) is 215 Å². The predicted molar refractivity (Wildman–Crippen MR) is 523 cm³/mol. The van der Waals surface area contributed by atoms with Gasteiger partial charge in [-0.2, -0.15) is 30.7 Å². The summed E-state index contributed by atoms with van der Waals surface area (Å²) in [5.41, 5.74) is 7.76. The first-order valence-corrected chi connectivity index (χ1v) is 45.7. The van der Waals surface area contributed by atoms with Gasteiger partial charge in [-0.3, -0.25) is 30.2 Å². The number of nitrogens with zero attached hydrogens (tertiary/aromatic N) is 11. The second-order valence-electron chi connectivity index (χ2n) is 33.8. The third-order valence-electron chi connectivity index (χ3n) is 20.7. The van der Waals surface area contributed by atoms with Crippen molar-refractivity contribution in [1.82, 2.24) is 51.8 Å². The number of rotatable bonds is 53. The molecule has 0 fully saturated rings. The standard InChI is InChI=1S/C49H71N13O8.C31H47N5O5.C17H21N3O3/c1-32-10-12-37(13-11-32)60-61-38-14-16-39(17-15-38)62(22-24-69-46(67)52-30-48(6,7)28-33(2)18-20-50-44(65)58-42-54-35(4)26-40(63)56-42)23-25-70-47(68)53-31-49(8,9)29-34(3)19-21-51-45(66)59-43-55-36(5)27-41(64)57-43;1-4-6-8-10-20-32-30(37)40-24-22-36(23-25-41-31(38)33-21-11-9-7-5-2)28-16-12-26(13-17-28)34-35-27-14-18-29(39-3)19-15-27;1-23-17-8-4-15(5-9-17)19-18-14-2-6-16(7-3-14)20(10-12-21)11-13-22/h10-17,26-27,33-34H,18-25,28-31H2,1-9H3,(H,52,67)(H,53,68)(H3,50,54,56,58,63,65)(H3,51,55,57,59,64,66);12-19H,4-11,20-25H2,1-3H3,(H,32,37)(H,33,38);2-9,21-22H,10-13H2,1H3. The third-order valence-corrected chi connectivity index (χ3v) is 20.7. The number of alkyl carbamates (subject to hydrolysis) is 4. The van der Waals surface area contributed by atoms with Crippen LogP contribution in [0.3, 0.4) is 0 Å². The van der Waals surface area contributed by atoms with E-state index in [1.54, 1.807) is 28.1 Å². The average Bonchev–Trinajstić information content (AvgIpc) is 0.874. The number of aliphatic hydroxyl groups is 2. The van der Waals surface area contributed by atoms with Crippen LogP contribution in [0.15, 0.2) is 198 Å². The lowest BCUT2D eigenvalue weighted by atomic mass is 9.82. The Morgan fingerprint density at radius 3 is 0.978 bits per heavy atom. The number of nitrogens with one attached hydrogen (secondary N) is 10. The molecule has 2 aromatic heterocycles. The molecule has 728 valence electrons. The fraction of sp³-hybridized carbons (Fsp3) is 0.485. The van der Waals surface area contributed by atoms with E-state index in [0.29, 0.717) is 114 Å². The summed E-state index contributed by atoms with van der Waals surface area (Å²) < 4.78 is 32.3. The highest BCUT2D eigenvalue weighted by molar-refractivity contribution is 5.87. The number of benzene rings is 6. The van der Waals surface area contributed by atoms with E-state index in [2.05, 4.69) is 149 Å². The number of azo groups is 3. The molecular weight excluding hydrogens is 1720 g/mol. The van der Waals surface area contributed by atoms with Crippen LogP contribution >= 0.6 is 0 Å². The number of aromatic amines is 2. The summed E-state index contributed by atoms with van der Waals surface area (Å²) in [6, 6.07) is 46.6. The van der Waals surface area contributed by atoms with E-state index in [1.807, 2.05) is 167 Å². The normalized spacial score (nSPS) is 11.6. The van der Waals surface area contributed by atoms with Gasteiger partial charge >= 0.3 is 36.4 Å². The van der Waals surface area contributed by atoms with Crippen LogP contribution in [0.25, 0.3) is 0 Å². The molecule has 0 spiro atoms. The molecule has 0 saturated carbocycles. The maximum absolute atomic E-state index is 12.9. The van der Waals surface area contributed by atoms with Gasteiger partial charge in [-0.1, -0.05) is 112 Å². The van der Waals surface area contributed by atoms with E-state index in [9.17, 15) is 38.4 Å². The monoisotopic (exact) mass is 1850 g/mol. The maximum atomic E-state index is 12.9. The van der Waals surface area contributed by atoms with E-state index in [-0.39, 0.29) is 85.3 Å². The number of hydrogen-bond acceptors (Lipinski definition) is 27. The van der Waals surface area contributed by atoms with Crippen molar-refractivity contribution in [2.75, 3.05) is 158 Å². The number of anilines is 5. The van der Waals surface area contributed by atoms with E-state index < -0.39 is 36.4 Å². The van der Waals surface area contributed by atoms with Gasteiger partial charge in [0.05, 0.1) is 87.7 Å². The Labute approximate surface area is 786 Å². The zero-order valence-corrected chi connectivity index (χ0v) is 79.9. The number of hydrogen-bond donors (Lipinski definition) is 12. The summed E-state index contributed by atoms with van der Waals surface area (Å²) >= 11 is 0. The number of aliphatic hydroxyl groups excluding tert-OH is 2. The number of carbonyl (C=O) groups excluding carboxylic acids is 6. The summed E-state index contributed by atoms with van der Waals surface area (Å²) in [6.07, 6.45) is 9.63. The number of aryl methyl sites for hydroxylation is 3. The SMILES string of the molecule is CCCCCCNC(=O)OCCN(CCOC(=O)NCCCCCC)c1ccc(N=Nc2ccc(OC)cc2)cc1.COc1ccc(N=Nc2ccc(N(CCO)CCO)cc2)cc1.Cc1ccc(N=Nc2ccc(N(CCOC(=O)NCC(C)(C)CC(C)CCNC(=O)Nc3nc(C)cc(=O)[nH]3)CCOC(=O)NCC(C)(C)CC(C)CCNC(=O)Nc3nc(C)cc(=O)[nH]3)cc2)cc1. The van der Waals surface area contributed by atoms with Gasteiger partial charge in [0.1, 0.15) is 37.9 Å². The van der Waals surface area contributed by atoms with Crippen LogP contribution in [-0.4, -0.2) is 199 Å². The first-order chi connectivity index (χ1) is 64.4. The molecular formula is C97H139N21O16. The van der Waals surface area contributed by atoms with Crippen LogP contribution < -0.4 is 77.8 Å². The lowest BCUT2D eigenvalue weighted by Crippen LogP contribution is -2.38. The Morgan fingerprint density at radius 1 is 0.396 bits per heavy atom. The molecule has 37 nitrogen and oxygen atoms in total. The van der Waals surface area contributed by atoms with Gasteiger partial charge in [0.15, 0.2) is 0 Å². The van der Waals surface area contributed by atoms with Crippen LogP contribution in [0.5, 0.6) is 11.5 Å². The van der Waals surface area contributed by atoms with Crippen LogP contribution in [0, 0.1) is 43.4 Å². The van der Waals surface area contributed by atoms with Crippen molar-refractivity contribution in [1.29, 1.82) is 0 Å². The lowest BCUT2D eigenvalue weighted by Gasteiger charge is -2.29. The van der Waals surface area contributed by atoms with Gasteiger partial charge in [0.25, 0.3) is 11.1 Å². The molecule has 6 aromatic carbocycles. The molecule has 0 radical (unpaired) electrons. The van der Waals surface area contributed by atoms with Gasteiger partial charge < -0.3 is 85.2 Å². The first kappa shape index (κ1) is 109. The number of ether oxygens (including phenoxy) is 6. The molecule has 2 atom stereocenters. The minimum absolute atomic E-state index is 0.0406.